The largest absolute Gasteiger partial charge is 0.311 e. The van der Waals surface area contributed by atoms with Gasteiger partial charge in [0.1, 0.15) is 0 Å². The predicted octanol–water partition coefficient (Wildman–Crippen LogP) is 0.633. The number of aromatic nitrogens is 3. The number of hydrogen-bond acceptors (Lipinski definition) is 4. The van der Waals surface area contributed by atoms with E-state index >= 15 is 0 Å². The van der Waals surface area contributed by atoms with E-state index in [0.717, 1.165) is 25.3 Å². The Morgan fingerprint density at radius 3 is 2.88 bits per heavy atom. The minimum atomic E-state index is 0.557. The fourth-order valence-electron chi connectivity index (χ4n) is 2.52. The number of nitrogens with zero attached hydrogens (tertiary/aromatic N) is 4. The Bertz CT molecular complexity index is 360. The van der Waals surface area contributed by atoms with Crippen LogP contribution in [0.2, 0.25) is 0 Å². The summed E-state index contributed by atoms with van der Waals surface area (Å²) in [6.45, 7) is 9.86. The third-order valence-electron chi connectivity index (χ3n) is 3.44. The van der Waals surface area contributed by atoms with Crippen molar-refractivity contribution in [3.63, 3.8) is 0 Å². The highest BCUT2D eigenvalue weighted by atomic mass is 15.4. The van der Waals surface area contributed by atoms with Gasteiger partial charge in [-0.05, 0) is 12.8 Å². The zero-order valence-electron chi connectivity index (χ0n) is 11.2. The summed E-state index contributed by atoms with van der Waals surface area (Å²) in [6, 6.07) is 1.15. The minimum absolute atomic E-state index is 0.557. The molecule has 0 saturated carbocycles. The van der Waals surface area contributed by atoms with Gasteiger partial charge >= 0.3 is 0 Å². The highest BCUT2D eigenvalue weighted by molar-refractivity contribution is 4.95. The summed E-state index contributed by atoms with van der Waals surface area (Å²) in [6.07, 6.45) is 2.00. The quantitative estimate of drug-likeness (QED) is 0.838. The van der Waals surface area contributed by atoms with E-state index in [-0.39, 0.29) is 0 Å². The second kappa shape index (κ2) is 5.14. The van der Waals surface area contributed by atoms with E-state index in [2.05, 4.69) is 41.3 Å². The first kappa shape index (κ1) is 12.5. The summed E-state index contributed by atoms with van der Waals surface area (Å²) in [5.41, 5.74) is 1.06. The molecule has 1 aliphatic heterocycles. The first-order chi connectivity index (χ1) is 8.06. The Morgan fingerprint density at radius 2 is 2.29 bits per heavy atom. The molecule has 2 rings (SSSR count). The van der Waals surface area contributed by atoms with Crippen LogP contribution in [0, 0.1) is 5.92 Å². The lowest BCUT2D eigenvalue weighted by molar-refractivity contribution is 0.0943. The molecule has 0 bridgehead atoms. The molecule has 0 amide bonds. The number of rotatable bonds is 3. The van der Waals surface area contributed by atoms with Gasteiger partial charge in [0.2, 0.25) is 0 Å². The van der Waals surface area contributed by atoms with Gasteiger partial charge in [0.05, 0.1) is 5.69 Å². The molecule has 5 nitrogen and oxygen atoms in total. The van der Waals surface area contributed by atoms with Crippen LogP contribution in [0.3, 0.4) is 0 Å². The monoisotopic (exact) mass is 237 g/mol. The highest BCUT2D eigenvalue weighted by Gasteiger charge is 2.28. The smallest absolute Gasteiger partial charge is 0.0967 e. The van der Waals surface area contributed by atoms with E-state index in [1.54, 1.807) is 4.68 Å². The standard InChI is InChI=1S/C12H23N5/c1-9(2)12-5-13-10(3)6-17(12)8-11-7-16(4)15-14-11/h7,9-10,12-13H,5-6,8H2,1-4H3. The highest BCUT2D eigenvalue weighted by Crippen LogP contribution is 2.17. The molecule has 0 spiro atoms. The first-order valence-electron chi connectivity index (χ1n) is 6.39. The molecule has 1 fully saturated rings. The number of hydrogen-bond donors (Lipinski definition) is 1. The SMILES string of the molecule is CC1CN(Cc2cn(C)nn2)C(C(C)C)CN1. The van der Waals surface area contributed by atoms with Crippen molar-refractivity contribution in [3.8, 4) is 0 Å². The maximum absolute atomic E-state index is 4.18. The Hall–Kier alpha value is -0.940. The molecule has 0 radical (unpaired) electrons. The zero-order chi connectivity index (χ0) is 12.4. The summed E-state index contributed by atoms with van der Waals surface area (Å²) < 4.78 is 1.77. The van der Waals surface area contributed by atoms with Gasteiger partial charge in [0, 0.05) is 45.0 Å². The second-order valence-corrected chi connectivity index (χ2v) is 5.43. The lowest BCUT2D eigenvalue weighted by Crippen LogP contribution is -2.56. The second-order valence-electron chi connectivity index (χ2n) is 5.43. The van der Waals surface area contributed by atoms with Crippen molar-refractivity contribution >= 4 is 0 Å². The van der Waals surface area contributed by atoms with E-state index < -0.39 is 0 Å². The molecule has 96 valence electrons. The Morgan fingerprint density at radius 1 is 1.53 bits per heavy atom. The zero-order valence-corrected chi connectivity index (χ0v) is 11.2. The molecule has 2 unspecified atom stereocenters. The van der Waals surface area contributed by atoms with Gasteiger partial charge in [0.15, 0.2) is 0 Å². The fourth-order valence-corrected chi connectivity index (χ4v) is 2.52. The van der Waals surface area contributed by atoms with E-state index in [9.17, 15) is 0 Å². The number of aryl methyl sites for hydroxylation is 1. The maximum Gasteiger partial charge on any atom is 0.0967 e. The summed E-state index contributed by atoms with van der Waals surface area (Å²) in [5, 5.41) is 11.7. The molecule has 1 aromatic heterocycles. The number of nitrogens with one attached hydrogen (secondary N) is 1. The van der Waals surface area contributed by atoms with E-state index in [1.165, 1.54) is 0 Å². The molecular formula is C12H23N5. The summed E-state index contributed by atoms with van der Waals surface area (Å²) >= 11 is 0. The van der Waals surface area contributed by atoms with Gasteiger partial charge in [-0.2, -0.15) is 0 Å². The molecule has 0 aromatic carbocycles. The fraction of sp³-hybridized carbons (Fsp3) is 0.833. The molecule has 0 aliphatic carbocycles. The van der Waals surface area contributed by atoms with Crippen LogP contribution < -0.4 is 5.32 Å². The third-order valence-corrected chi connectivity index (χ3v) is 3.44. The van der Waals surface area contributed by atoms with Gasteiger partial charge in [0.25, 0.3) is 0 Å². The van der Waals surface area contributed by atoms with Crippen molar-refractivity contribution in [3.05, 3.63) is 11.9 Å². The molecule has 17 heavy (non-hydrogen) atoms. The topological polar surface area (TPSA) is 46.0 Å². The van der Waals surface area contributed by atoms with E-state index in [0.29, 0.717) is 18.0 Å². The van der Waals surface area contributed by atoms with Crippen LogP contribution in [0.4, 0.5) is 0 Å². The molecule has 1 N–H and O–H groups in total. The van der Waals surface area contributed by atoms with Crippen LogP contribution in [0.25, 0.3) is 0 Å². The van der Waals surface area contributed by atoms with Crippen LogP contribution in [-0.2, 0) is 13.6 Å². The van der Waals surface area contributed by atoms with Gasteiger partial charge in [-0.3, -0.25) is 9.58 Å². The Kier molecular flexibility index (Phi) is 3.79. The maximum atomic E-state index is 4.18. The lowest BCUT2D eigenvalue weighted by atomic mass is 9.98. The van der Waals surface area contributed by atoms with Gasteiger partial charge in [-0.15, -0.1) is 5.10 Å². The van der Waals surface area contributed by atoms with Crippen molar-refractivity contribution in [1.82, 2.24) is 25.2 Å². The molecular weight excluding hydrogens is 214 g/mol. The van der Waals surface area contributed by atoms with Crippen molar-refractivity contribution in [2.45, 2.75) is 39.4 Å². The average Bonchev–Trinajstić information content (AvgIpc) is 2.63. The molecule has 1 aromatic rings. The van der Waals surface area contributed by atoms with Gasteiger partial charge in [-0.1, -0.05) is 19.1 Å². The molecule has 2 atom stereocenters. The molecule has 1 saturated heterocycles. The third kappa shape index (κ3) is 3.04. The van der Waals surface area contributed by atoms with Crippen LogP contribution >= 0.6 is 0 Å². The van der Waals surface area contributed by atoms with Crippen LogP contribution in [-0.4, -0.2) is 45.1 Å². The lowest BCUT2D eigenvalue weighted by Gasteiger charge is -2.41. The van der Waals surface area contributed by atoms with Crippen molar-refractivity contribution < 1.29 is 0 Å². The van der Waals surface area contributed by atoms with Crippen LogP contribution in [0.1, 0.15) is 26.5 Å². The Balaban J connectivity index is 2.04. The Labute approximate surface area is 103 Å². The molecule has 2 heterocycles. The van der Waals surface area contributed by atoms with Gasteiger partial charge < -0.3 is 5.32 Å². The summed E-state index contributed by atoms with van der Waals surface area (Å²) in [5.74, 6) is 0.659. The van der Waals surface area contributed by atoms with E-state index in [4.69, 9.17) is 0 Å². The van der Waals surface area contributed by atoms with Crippen LogP contribution in [0.15, 0.2) is 6.20 Å². The summed E-state index contributed by atoms with van der Waals surface area (Å²) in [7, 11) is 1.91. The van der Waals surface area contributed by atoms with E-state index in [1.807, 2.05) is 13.2 Å². The number of piperazine rings is 1. The first-order valence-corrected chi connectivity index (χ1v) is 6.39. The molecule has 1 aliphatic rings. The average molecular weight is 237 g/mol. The van der Waals surface area contributed by atoms with Gasteiger partial charge in [-0.25, -0.2) is 0 Å². The predicted molar refractivity (Wildman–Crippen MR) is 67.5 cm³/mol. The molecule has 5 heteroatoms. The van der Waals surface area contributed by atoms with Crippen molar-refractivity contribution in [1.29, 1.82) is 0 Å². The summed E-state index contributed by atoms with van der Waals surface area (Å²) in [4.78, 5) is 2.52. The minimum Gasteiger partial charge on any atom is -0.311 e. The van der Waals surface area contributed by atoms with Crippen LogP contribution in [0.5, 0.6) is 0 Å². The normalized spacial score (nSPS) is 26.6. The van der Waals surface area contributed by atoms with Crippen molar-refractivity contribution in [2.75, 3.05) is 13.1 Å². The van der Waals surface area contributed by atoms with Crippen molar-refractivity contribution in [2.24, 2.45) is 13.0 Å².